The van der Waals surface area contributed by atoms with Gasteiger partial charge in [0.25, 0.3) is 10.1 Å². The van der Waals surface area contributed by atoms with E-state index in [0.29, 0.717) is 12.8 Å². The van der Waals surface area contributed by atoms with Crippen molar-refractivity contribution in [1.29, 1.82) is 0 Å². The Bertz CT molecular complexity index is 1260. The number of hydrogen-bond donors (Lipinski definition) is 4. The minimum Gasteiger partial charge on any atom is -0.462 e. The molecular formula is C42H70O12S. The highest BCUT2D eigenvalue weighted by molar-refractivity contribution is 7.85. The molecule has 1 aliphatic rings. The molecule has 0 saturated carbocycles. The molecule has 55 heavy (non-hydrogen) atoms. The first kappa shape index (κ1) is 50.4. The van der Waals surface area contributed by atoms with Crippen LogP contribution in [0.2, 0.25) is 0 Å². The zero-order valence-corrected chi connectivity index (χ0v) is 34.1. The number of ether oxygens (including phenoxy) is 4. The van der Waals surface area contributed by atoms with Crippen molar-refractivity contribution in [3.05, 3.63) is 60.8 Å². The van der Waals surface area contributed by atoms with Crippen LogP contribution in [0.1, 0.15) is 136 Å². The van der Waals surface area contributed by atoms with E-state index in [0.717, 1.165) is 77.0 Å². The van der Waals surface area contributed by atoms with Crippen molar-refractivity contribution in [3.63, 3.8) is 0 Å². The van der Waals surface area contributed by atoms with Crippen LogP contribution in [0.15, 0.2) is 60.8 Å². The first-order valence-electron chi connectivity index (χ1n) is 20.4. The van der Waals surface area contributed by atoms with Crippen LogP contribution in [0.3, 0.4) is 0 Å². The Morgan fingerprint density at radius 3 is 1.76 bits per heavy atom. The molecule has 0 amide bonds. The maximum Gasteiger partial charge on any atom is 0.306 e. The molecule has 13 heteroatoms. The van der Waals surface area contributed by atoms with E-state index >= 15 is 0 Å². The van der Waals surface area contributed by atoms with Crippen LogP contribution in [-0.4, -0.2) is 96.0 Å². The van der Waals surface area contributed by atoms with Gasteiger partial charge in [-0.1, -0.05) is 126 Å². The fourth-order valence-electron chi connectivity index (χ4n) is 5.74. The monoisotopic (exact) mass is 798 g/mol. The summed E-state index contributed by atoms with van der Waals surface area (Å²) in [5.41, 5.74) is 0. The van der Waals surface area contributed by atoms with Crippen molar-refractivity contribution in [3.8, 4) is 0 Å². The lowest BCUT2D eigenvalue weighted by Gasteiger charge is -2.40. The summed E-state index contributed by atoms with van der Waals surface area (Å²) in [6, 6.07) is 0. The predicted octanol–water partition coefficient (Wildman–Crippen LogP) is 7.39. The van der Waals surface area contributed by atoms with Gasteiger partial charge < -0.3 is 34.3 Å². The van der Waals surface area contributed by atoms with Gasteiger partial charge in [-0.2, -0.15) is 8.42 Å². The van der Waals surface area contributed by atoms with Gasteiger partial charge in [0, 0.05) is 12.8 Å². The zero-order valence-electron chi connectivity index (χ0n) is 33.3. The lowest BCUT2D eigenvalue weighted by atomic mass is 10.00. The summed E-state index contributed by atoms with van der Waals surface area (Å²) < 4.78 is 53.9. The van der Waals surface area contributed by atoms with E-state index in [-0.39, 0.29) is 19.4 Å². The number of unbranched alkanes of at least 4 members (excludes halogenated alkanes) is 13. The van der Waals surface area contributed by atoms with E-state index in [1.165, 1.54) is 19.3 Å². The van der Waals surface area contributed by atoms with E-state index in [2.05, 4.69) is 38.2 Å². The summed E-state index contributed by atoms with van der Waals surface area (Å²) >= 11 is 0. The third-order valence-electron chi connectivity index (χ3n) is 8.93. The molecule has 2 unspecified atom stereocenters. The SMILES string of the molecule is CC/C=C/C=C/C=C/C=C/CCCCCCCC(=O)O[C@H](COC(=O)CCCCCCC/C=C/CCCCC)CO[C@H]1O[C@H](CS(=O)(=O)O)[C@@H](O)C(O)C1O. The Kier molecular flexibility index (Phi) is 29.7. The zero-order chi connectivity index (χ0) is 40.6. The van der Waals surface area contributed by atoms with E-state index in [9.17, 15) is 37.9 Å². The Labute approximate surface area is 330 Å². The number of carbonyl (C=O) groups is 2. The van der Waals surface area contributed by atoms with Gasteiger partial charge in [-0.05, 0) is 57.8 Å². The van der Waals surface area contributed by atoms with Gasteiger partial charge in [0.2, 0.25) is 0 Å². The second kappa shape index (κ2) is 32.4. The van der Waals surface area contributed by atoms with Crippen LogP contribution in [-0.2, 0) is 38.7 Å². The van der Waals surface area contributed by atoms with Gasteiger partial charge in [0.1, 0.15) is 36.8 Å². The molecule has 4 N–H and O–H groups in total. The first-order valence-corrected chi connectivity index (χ1v) is 22.0. The molecule has 0 bridgehead atoms. The molecule has 316 valence electrons. The van der Waals surface area contributed by atoms with Crippen LogP contribution in [0, 0.1) is 0 Å². The first-order chi connectivity index (χ1) is 26.5. The van der Waals surface area contributed by atoms with Crippen LogP contribution in [0.5, 0.6) is 0 Å². The summed E-state index contributed by atoms with van der Waals surface area (Å²) in [6.07, 6.45) is 28.4. The van der Waals surface area contributed by atoms with Gasteiger partial charge in [0.15, 0.2) is 12.4 Å². The summed E-state index contributed by atoms with van der Waals surface area (Å²) in [4.78, 5) is 25.3. The van der Waals surface area contributed by atoms with Crippen LogP contribution >= 0.6 is 0 Å². The van der Waals surface area contributed by atoms with E-state index in [1.807, 2.05) is 36.5 Å². The second-order valence-electron chi connectivity index (χ2n) is 14.0. The molecule has 0 radical (unpaired) electrons. The molecule has 0 aromatic heterocycles. The Morgan fingerprint density at radius 2 is 1.16 bits per heavy atom. The second-order valence-corrected chi connectivity index (χ2v) is 15.5. The smallest absolute Gasteiger partial charge is 0.306 e. The molecule has 12 nitrogen and oxygen atoms in total. The number of rotatable bonds is 32. The van der Waals surface area contributed by atoms with Gasteiger partial charge >= 0.3 is 11.9 Å². The van der Waals surface area contributed by atoms with Crippen LogP contribution in [0.4, 0.5) is 0 Å². The van der Waals surface area contributed by atoms with Crippen molar-refractivity contribution in [2.24, 2.45) is 0 Å². The van der Waals surface area contributed by atoms with Gasteiger partial charge in [-0.15, -0.1) is 0 Å². The highest BCUT2D eigenvalue weighted by atomic mass is 32.2. The van der Waals surface area contributed by atoms with Crippen LogP contribution in [0.25, 0.3) is 0 Å². The highest BCUT2D eigenvalue weighted by Gasteiger charge is 2.46. The van der Waals surface area contributed by atoms with Crippen LogP contribution < -0.4 is 0 Å². The standard InChI is InChI=1S/C42H70O12S/c1-3-5-7-9-11-13-15-17-18-19-21-23-25-27-29-31-38(44)53-35(33-52-42-41(47)40(46)39(45)36(54-42)34-55(48,49)50)32-51-37(43)30-28-26-24-22-20-16-14-12-10-8-6-4-2/h5,7,9,11-15,17-18,35-36,39-42,45-47H,3-4,6,8,10,16,19-34H2,1-2H3,(H,48,49,50)/b7-5+,11-9+,14-12+,15-13+,18-17+/t35-,36-,39-,40?,41?,42+/m1/s1. The van der Waals surface area contributed by atoms with E-state index < -0.39 is 71.2 Å². The predicted molar refractivity (Wildman–Crippen MR) is 215 cm³/mol. The summed E-state index contributed by atoms with van der Waals surface area (Å²) in [6.45, 7) is 3.54. The number of hydrogen-bond acceptors (Lipinski definition) is 11. The lowest BCUT2D eigenvalue weighted by Crippen LogP contribution is -2.60. The third-order valence-corrected chi connectivity index (χ3v) is 9.68. The van der Waals surface area contributed by atoms with Gasteiger partial charge in [-0.3, -0.25) is 14.1 Å². The molecule has 1 fully saturated rings. The van der Waals surface area contributed by atoms with Crippen molar-refractivity contribution in [2.75, 3.05) is 19.0 Å². The highest BCUT2D eigenvalue weighted by Crippen LogP contribution is 2.24. The quantitative estimate of drug-likeness (QED) is 0.0174. The molecule has 0 aliphatic carbocycles. The average Bonchev–Trinajstić information content (AvgIpc) is 3.14. The number of aliphatic hydroxyl groups excluding tert-OH is 3. The van der Waals surface area contributed by atoms with Crippen molar-refractivity contribution in [1.82, 2.24) is 0 Å². The molecule has 0 spiro atoms. The fourth-order valence-corrected chi connectivity index (χ4v) is 6.43. The summed E-state index contributed by atoms with van der Waals surface area (Å²) in [7, 11) is -4.61. The summed E-state index contributed by atoms with van der Waals surface area (Å²) in [5.74, 6) is -2.04. The average molecular weight is 799 g/mol. The maximum atomic E-state index is 12.8. The normalized spacial score (nSPS) is 21.5. The Morgan fingerprint density at radius 1 is 0.636 bits per heavy atom. The number of carbonyl (C=O) groups excluding carboxylic acids is 2. The minimum absolute atomic E-state index is 0.134. The Hall–Kier alpha value is -2.65. The third kappa shape index (κ3) is 27.6. The molecule has 1 rings (SSSR count). The van der Waals surface area contributed by atoms with Crippen molar-refractivity contribution < 1.29 is 56.8 Å². The topological polar surface area (TPSA) is 186 Å². The van der Waals surface area contributed by atoms with Crippen molar-refractivity contribution >= 4 is 22.1 Å². The maximum absolute atomic E-state index is 12.8. The molecule has 1 saturated heterocycles. The largest absolute Gasteiger partial charge is 0.462 e. The molecule has 1 aliphatic heterocycles. The lowest BCUT2D eigenvalue weighted by molar-refractivity contribution is -0.297. The van der Waals surface area contributed by atoms with E-state index in [4.69, 9.17) is 18.9 Å². The van der Waals surface area contributed by atoms with E-state index in [1.54, 1.807) is 0 Å². The molecule has 1 heterocycles. The minimum atomic E-state index is -4.61. The number of esters is 2. The summed E-state index contributed by atoms with van der Waals surface area (Å²) in [5, 5.41) is 30.8. The molecular weight excluding hydrogens is 729 g/mol. The van der Waals surface area contributed by atoms with Crippen molar-refractivity contribution in [2.45, 2.75) is 173 Å². The van der Waals surface area contributed by atoms with Gasteiger partial charge in [0.05, 0.1) is 6.61 Å². The molecule has 0 aromatic carbocycles. The number of allylic oxidation sites excluding steroid dienone is 10. The fraction of sp³-hybridized carbons (Fsp3) is 0.714. The van der Waals surface area contributed by atoms with Gasteiger partial charge in [-0.25, -0.2) is 0 Å². The molecule has 6 atom stereocenters. The number of aliphatic hydroxyl groups is 3. The Balaban J connectivity index is 2.53. The molecule has 0 aromatic rings.